The SMILES string of the molecule is Cc1cc(N)c(NC(=O)C(C)(C)C)cc1N1C[C@@H](C)C[C@H](C)C1. The van der Waals surface area contributed by atoms with E-state index in [1.807, 2.05) is 32.9 Å². The van der Waals surface area contributed by atoms with Crippen LogP contribution in [-0.4, -0.2) is 19.0 Å². The van der Waals surface area contributed by atoms with Gasteiger partial charge in [-0.25, -0.2) is 0 Å². The second-order valence-corrected chi connectivity index (χ2v) is 8.28. The van der Waals surface area contributed by atoms with Crippen molar-refractivity contribution in [2.75, 3.05) is 29.0 Å². The molecule has 0 unspecified atom stereocenters. The molecule has 2 atom stereocenters. The Labute approximate surface area is 140 Å². The number of rotatable bonds is 2. The van der Waals surface area contributed by atoms with Gasteiger partial charge >= 0.3 is 0 Å². The molecule has 4 heteroatoms. The monoisotopic (exact) mass is 317 g/mol. The van der Waals surface area contributed by atoms with Crippen LogP contribution in [0.5, 0.6) is 0 Å². The van der Waals surface area contributed by atoms with Gasteiger partial charge in [-0.3, -0.25) is 4.79 Å². The fourth-order valence-electron chi connectivity index (χ4n) is 3.34. The van der Waals surface area contributed by atoms with E-state index in [1.165, 1.54) is 12.1 Å². The number of piperidine rings is 1. The molecule has 128 valence electrons. The zero-order chi connectivity index (χ0) is 17.4. The van der Waals surface area contributed by atoms with Crippen LogP contribution in [0, 0.1) is 24.2 Å². The van der Waals surface area contributed by atoms with Gasteiger partial charge in [0.2, 0.25) is 5.91 Å². The molecule has 1 aromatic rings. The number of nitrogens with one attached hydrogen (secondary N) is 1. The number of carbonyl (C=O) groups is 1. The van der Waals surface area contributed by atoms with E-state index in [0.29, 0.717) is 17.5 Å². The molecule has 2 rings (SSSR count). The Morgan fingerprint density at radius 2 is 1.78 bits per heavy atom. The predicted octanol–water partition coefficient (Wildman–Crippen LogP) is 4.04. The van der Waals surface area contributed by atoms with E-state index in [2.05, 4.69) is 31.0 Å². The number of nitrogens with two attached hydrogens (primary N) is 1. The van der Waals surface area contributed by atoms with Crippen molar-refractivity contribution in [3.63, 3.8) is 0 Å². The first-order chi connectivity index (χ1) is 10.6. The third kappa shape index (κ3) is 4.18. The third-order valence-electron chi connectivity index (χ3n) is 4.51. The second kappa shape index (κ2) is 6.42. The van der Waals surface area contributed by atoms with Crippen molar-refractivity contribution in [1.29, 1.82) is 0 Å². The van der Waals surface area contributed by atoms with E-state index in [-0.39, 0.29) is 5.91 Å². The number of aryl methyl sites for hydroxylation is 1. The molecule has 0 aliphatic carbocycles. The van der Waals surface area contributed by atoms with E-state index >= 15 is 0 Å². The molecule has 1 saturated heterocycles. The quantitative estimate of drug-likeness (QED) is 0.809. The fraction of sp³-hybridized carbons (Fsp3) is 0.632. The van der Waals surface area contributed by atoms with Crippen LogP contribution in [0.3, 0.4) is 0 Å². The lowest BCUT2D eigenvalue weighted by atomic mass is 9.91. The van der Waals surface area contributed by atoms with E-state index in [0.717, 1.165) is 24.3 Å². The minimum atomic E-state index is -0.439. The van der Waals surface area contributed by atoms with Gasteiger partial charge in [0, 0.05) is 24.2 Å². The lowest BCUT2D eigenvalue weighted by Crippen LogP contribution is -2.39. The van der Waals surface area contributed by atoms with E-state index in [9.17, 15) is 4.79 Å². The highest BCUT2D eigenvalue weighted by molar-refractivity contribution is 5.98. The van der Waals surface area contributed by atoms with Crippen LogP contribution in [0.1, 0.15) is 46.6 Å². The Kier molecular flexibility index (Phi) is 4.92. The molecule has 1 amide bonds. The van der Waals surface area contributed by atoms with Crippen molar-refractivity contribution in [3.8, 4) is 0 Å². The van der Waals surface area contributed by atoms with Gasteiger partial charge in [0.1, 0.15) is 0 Å². The molecule has 1 fully saturated rings. The van der Waals surface area contributed by atoms with Crippen molar-refractivity contribution in [2.24, 2.45) is 17.3 Å². The largest absolute Gasteiger partial charge is 0.397 e. The molecule has 23 heavy (non-hydrogen) atoms. The van der Waals surface area contributed by atoms with Crippen LogP contribution < -0.4 is 16.0 Å². The maximum Gasteiger partial charge on any atom is 0.229 e. The molecule has 0 bridgehead atoms. The lowest BCUT2D eigenvalue weighted by Gasteiger charge is -2.37. The molecule has 3 N–H and O–H groups in total. The molecular weight excluding hydrogens is 286 g/mol. The average Bonchev–Trinajstić information content (AvgIpc) is 2.39. The Hall–Kier alpha value is -1.71. The minimum absolute atomic E-state index is 0.0145. The molecule has 0 aromatic heterocycles. The van der Waals surface area contributed by atoms with Gasteiger partial charge in [0.25, 0.3) is 0 Å². The summed E-state index contributed by atoms with van der Waals surface area (Å²) in [7, 11) is 0. The van der Waals surface area contributed by atoms with Gasteiger partial charge in [-0.1, -0.05) is 34.6 Å². The van der Waals surface area contributed by atoms with E-state index in [4.69, 9.17) is 5.73 Å². The molecule has 1 aliphatic heterocycles. The fourth-order valence-corrected chi connectivity index (χ4v) is 3.34. The zero-order valence-electron chi connectivity index (χ0n) is 15.4. The number of amides is 1. The summed E-state index contributed by atoms with van der Waals surface area (Å²) >= 11 is 0. The number of benzene rings is 1. The summed E-state index contributed by atoms with van der Waals surface area (Å²) in [5.74, 6) is 1.35. The van der Waals surface area contributed by atoms with Crippen molar-refractivity contribution in [1.82, 2.24) is 0 Å². The number of carbonyl (C=O) groups excluding carboxylic acids is 1. The first-order valence-electron chi connectivity index (χ1n) is 8.54. The lowest BCUT2D eigenvalue weighted by molar-refractivity contribution is -0.123. The smallest absolute Gasteiger partial charge is 0.229 e. The van der Waals surface area contributed by atoms with Crippen molar-refractivity contribution in [3.05, 3.63) is 17.7 Å². The Morgan fingerprint density at radius 3 is 2.30 bits per heavy atom. The highest BCUT2D eigenvalue weighted by atomic mass is 16.2. The number of anilines is 3. The summed E-state index contributed by atoms with van der Waals surface area (Å²) < 4.78 is 0. The molecule has 0 spiro atoms. The maximum absolute atomic E-state index is 12.3. The predicted molar refractivity (Wildman–Crippen MR) is 98.8 cm³/mol. The standard InChI is InChI=1S/C19H31N3O/c1-12-7-13(2)11-22(10-12)17-9-16(15(20)8-14(17)3)21-18(23)19(4,5)6/h8-9,12-13H,7,10-11,20H2,1-6H3,(H,21,23)/t12-,13-/m0/s1. The normalized spacial score (nSPS) is 22.1. The molecule has 4 nitrogen and oxygen atoms in total. The molecule has 1 aromatic carbocycles. The summed E-state index contributed by atoms with van der Waals surface area (Å²) in [4.78, 5) is 14.7. The minimum Gasteiger partial charge on any atom is -0.397 e. The van der Waals surface area contributed by atoms with Gasteiger partial charge in [0.05, 0.1) is 11.4 Å². The molecule has 0 saturated carbocycles. The highest BCUT2D eigenvalue weighted by Gasteiger charge is 2.25. The summed E-state index contributed by atoms with van der Waals surface area (Å²) in [6.45, 7) is 14.5. The van der Waals surface area contributed by atoms with Crippen LogP contribution >= 0.6 is 0 Å². The Morgan fingerprint density at radius 1 is 1.22 bits per heavy atom. The van der Waals surface area contributed by atoms with E-state index < -0.39 is 5.41 Å². The molecular formula is C19H31N3O. The van der Waals surface area contributed by atoms with Crippen LogP contribution in [0.2, 0.25) is 0 Å². The van der Waals surface area contributed by atoms with Gasteiger partial charge < -0.3 is 16.0 Å². The summed E-state index contributed by atoms with van der Waals surface area (Å²) in [6.07, 6.45) is 1.28. The van der Waals surface area contributed by atoms with Gasteiger partial charge in [-0.15, -0.1) is 0 Å². The maximum atomic E-state index is 12.3. The van der Waals surface area contributed by atoms with Gasteiger partial charge in [-0.05, 0) is 42.9 Å². The topological polar surface area (TPSA) is 58.4 Å². The van der Waals surface area contributed by atoms with Crippen LogP contribution in [0.15, 0.2) is 12.1 Å². The van der Waals surface area contributed by atoms with Crippen LogP contribution in [0.25, 0.3) is 0 Å². The average molecular weight is 317 g/mol. The summed E-state index contributed by atoms with van der Waals surface area (Å²) in [5.41, 5.74) is 9.39. The van der Waals surface area contributed by atoms with Gasteiger partial charge in [-0.2, -0.15) is 0 Å². The molecule has 1 heterocycles. The third-order valence-corrected chi connectivity index (χ3v) is 4.51. The first kappa shape index (κ1) is 17.6. The van der Waals surface area contributed by atoms with Gasteiger partial charge in [0.15, 0.2) is 0 Å². The van der Waals surface area contributed by atoms with Crippen LogP contribution in [0.4, 0.5) is 17.1 Å². The number of nitrogens with zero attached hydrogens (tertiary/aromatic N) is 1. The van der Waals surface area contributed by atoms with Crippen molar-refractivity contribution in [2.45, 2.75) is 48.0 Å². The Balaban J connectivity index is 2.31. The zero-order valence-corrected chi connectivity index (χ0v) is 15.4. The highest BCUT2D eigenvalue weighted by Crippen LogP contribution is 2.34. The number of nitrogen functional groups attached to an aromatic ring is 1. The van der Waals surface area contributed by atoms with Crippen LogP contribution in [-0.2, 0) is 4.79 Å². The first-order valence-corrected chi connectivity index (χ1v) is 8.54. The second-order valence-electron chi connectivity index (χ2n) is 8.28. The van der Waals surface area contributed by atoms with Crippen molar-refractivity contribution < 1.29 is 4.79 Å². The van der Waals surface area contributed by atoms with Crippen molar-refractivity contribution >= 4 is 23.0 Å². The number of hydrogen-bond donors (Lipinski definition) is 2. The summed E-state index contributed by atoms with van der Waals surface area (Å²) in [5, 5.41) is 2.99. The molecule has 1 aliphatic rings. The molecule has 0 radical (unpaired) electrons. The Bertz CT molecular complexity index is 579. The summed E-state index contributed by atoms with van der Waals surface area (Å²) in [6, 6.07) is 4.01. The number of hydrogen-bond acceptors (Lipinski definition) is 3. The van der Waals surface area contributed by atoms with E-state index in [1.54, 1.807) is 0 Å².